The molecule has 1 N–H and O–H groups in total. The average molecular weight is 403 g/mol. The first kappa shape index (κ1) is 21.1. The highest BCUT2D eigenvalue weighted by Gasteiger charge is 2.16. The first-order valence-electron chi connectivity index (χ1n) is 9.95. The second kappa shape index (κ2) is 10.8. The maximum atomic E-state index is 13.0. The van der Waals surface area contributed by atoms with E-state index in [1.165, 1.54) is 0 Å². The molecule has 30 heavy (non-hydrogen) atoms. The normalized spacial score (nSPS) is 10.4. The number of amides is 1. The molecule has 0 aromatic heterocycles. The Balaban J connectivity index is 1.61. The zero-order valence-electron chi connectivity index (χ0n) is 16.7. The third-order valence-corrected chi connectivity index (χ3v) is 4.67. The van der Waals surface area contributed by atoms with Gasteiger partial charge in [-0.05, 0) is 48.2 Å². The van der Waals surface area contributed by atoms with Gasteiger partial charge in [0.05, 0.1) is 6.54 Å². The first-order valence-corrected chi connectivity index (χ1v) is 9.95. The fraction of sp³-hybridized carbons (Fsp3) is 0.200. The van der Waals surface area contributed by atoms with Gasteiger partial charge >= 0.3 is 5.97 Å². The molecule has 3 aromatic carbocycles. The second-order valence-electron chi connectivity index (χ2n) is 6.98. The second-order valence-corrected chi connectivity index (χ2v) is 6.98. The largest absolute Gasteiger partial charge is 0.482 e. The number of aryl methyl sites for hydroxylation is 1. The number of ether oxygens (including phenoxy) is 1. The molecule has 0 atom stereocenters. The summed E-state index contributed by atoms with van der Waals surface area (Å²) >= 11 is 0. The van der Waals surface area contributed by atoms with E-state index < -0.39 is 5.97 Å². The topological polar surface area (TPSA) is 66.8 Å². The summed E-state index contributed by atoms with van der Waals surface area (Å²) in [6.07, 6.45) is 1.82. The van der Waals surface area contributed by atoms with E-state index in [0.29, 0.717) is 31.6 Å². The van der Waals surface area contributed by atoms with E-state index in [0.717, 1.165) is 16.8 Å². The molecule has 0 aliphatic rings. The van der Waals surface area contributed by atoms with E-state index in [-0.39, 0.29) is 12.5 Å². The minimum absolute atomic E-state index is 0.0725. The van der Waals surface area contributed by atoms with Crippen molar-refractivity contribution in [2.45, 2.75) is 25.8 Å². The van der Waals surface area contributed by atoms with Crippen LogP contribution in [0.25, 0.3) is 0 Å². The summed E-state index contributed by atoms with van der Waals surface area (Å²) in [6.45, 7) is 0.162. The first-order chi connectivity index (χ1) is 14.6. The Labute approximate surface area is 176 Å². The zero-order chi connectivity index (χ0) is 21.2. The molecule has 0 heterocycles. The highest BCUT2D eigenvalue weighted by atomic mass is 16.5. The summed E-state index contributed by atoms with van der Waals surface area (Å²) in [4.78, 5) is 25.5. The molecule has 5 nitrogen and oxygen atoms in total. The number of nitrogens with zero attached hydrogens (tertiary/aromatic N) is 1. The number of carboxylic acid groups (broad SMARTS) is 1. The lowest BCUT2D eigenvalue weighted by molar-refractivity contribution is -0.139. The predicted octanol–water partition coefficient (Wildman–Crippen LogP) is 4.71. The molecule has 154 valence electrons. The van der Waals surface area contributed by atoms with Crippen LogP contribution >= 0.6 is 0 Å². The maximum Gasteiger partial charge on any atom is 0.341 e. The molecule has 3 rings (SSSR count). The Kier molecular flexibility index (Phi) is 7.61. The molecule has 0 unspecified atom stereocenters. The van der Waals surface area contributed by atoms with Crippen molar-refractivity contribution in [1.82, 2.24) is 0 Å². The van der Waals surface area contributed by atoms with Crippen LogP contribution in [0.2, 0.25) is 0 Å². The third kappa shape index (κ3) is 6.48. The molecule has 1 amide bonds. The van der Waals surface area contributed by atoms with Gasteiger partial charge in [-0.25, -0.2) is 4.79 Å². The number of rotatable bonds is 10. The lowest BCUT2D eigenvalue weighted by Gasteiger charge is -2.23. The molecular weight excluding hydrogens is 378 g/mol. The average Bonchev–Trinajstić information content (AvgIpc) is 2.77. The van der Waals surface area contributed by atoms with Crippen molar-refractivity contribution in [3.8, 4) is 5.75 Å². The van der Waals surface area contributed by atoms with Crippen molar-refractivity contribution in [2.75, 3.05) is 11.5 Å². The number of carbonyl (C=O) groups is 2. The predicted molar refractivity (Wildman–Crippen MR) is 117 cm³/mol. The fourth-order valence-electron chi connectivity index (χ4n) is 3.21. The molecule has 3 aromatic rings. The van der Waals surface area contributed by atoms with Crippen LogP contribution in [0.3, 0.4) is 0 Å². The molecule has 5 heteroatoms. The van der Waals surface area contributed by atoms with Crippen LogP contribution in [0.5, 0.6) is 5.75 Å². The van der Waals surface area contributed by atoms with Gasteiger partial charge in [0.2, 0.25) is 5.91 Å². The van der Waals surface area contributed by atoms with E-state index in [1.807, 2.05) is 83.8 Å². The van der Waals surface area contributed by atoms with Gasteiger partial charge in [0, 0.05) is 12.1 Å². The van der Waals surface area contributed by atoms with Crippen molar-refractivity contribution in [2.24, 2.45) is 0 Å². The van der Waals surface area contributed by atoms with Crippen LogP contribution in [0.15, 0.2) is 84.9 Å². The molecule has 0 saturated carbocycles. The van der Waals surface area contributed by atoms with Gasteiger partial charge in [-0.2, -0.15) is 0 Å². The van der Waals surface area contributed by atoms with Crippen LogP contribution in [-0.4, -0.2) is 23.6 Å². The Morgan fingerprint density at radius 1 is 0.833 bits per heavy atom. The lowest BCUT2D eigenvalue weighted by Crippen LogP contribution is -2.30. The summed E-state index contributed by atoms with van der Waals surface area (Å²) in [5.74, 6) is -0.412. The van der Waals surface area contributed by atoms with Crippen molar-refractivity contribution in [1.29, 1.82) is 0 Å². The number of benzene rings is 3. The minimum Gasteiger partial charge on any atom is -0.482 e. The molecular formula is C25H25NO4. The molecule has 0 aliphatic carbocycles. The van der Waals surface area contributed by atoms with E-state index >= 15 is 0 Å². The zero-order valence-corrected chi connectivity index (χ0v) is 16.7. The van der Waals surface area contributed by atoms with Crippen LogP contribution in [0.1, 0.15) is 24.0 Å². The number of hydrogen-bond acceptors (Lipinski definition) is 3. The van der Waals surface area contributed by atoms with E-state index in [9.17, 15) is 9.59 Å². The Morgan fingerprint density at radius 2 is 1.50 bits per heavy atom. The van der Waals surface area contributed by atoms with Gasteiger partial charge in [0.25, 0.3) is 0 Å². The number of carboxylic acids is 1. The number of hydrogen-bond donors (Lipinski definition) is 1. The van der Waals surface area contributed by atoms with Gasteiger partial charge in [0.1, 0.15) is 5.75 Å². The number of para-hydroxylation sites is 1. The van der Waals surface area contributed by atoms with E-state index in [2.05, 4.69) is 0 Å². The molecule has 0 aliphatic heterocycles. The van der Waals surface area contributed by atoms with Gasteiger partial charge in [-0.1, -0.05) is 60.7 Å². The summed E-state index contributed by atoms with van der Waals surface area (Å²) < 4.78 is 5.22. The summed E-state index contributed by atoms with van der Waals surface area (Å²) in [5.41, 5.74) is 2.98. The van der Waals surface area contributed by atoms with Crippen LogP contribution < -0.4 is 9.64 Å². The van der Waals surface area contributed by atoms with Gasteiger partial charge < -0.3 is 14.7 Å². The highest BCUT2D eigenvalue weighted by Crippen LogP contribution is 2.20. The lowest BCUT2D eigenvalue weighted by atomic mass is 10.1. The molecule has 0 bridgehead atoms. The quantitative estimate of drug-likeness (QED) is 0.533. The van der Waals surface area contributed by atoms with Crippen LogP contribution in [0.4, 0.5) is 5.69 Å². The van der Waals surface area contributed by atoms with Gasteiger partial charge in [-0.3, -0.25) is 4.79 Å². The number of anilines is 1. The minimum atomic E-state index is -1.01. The fourth-order valence-corrected chi connectivity index (χ4v) is 3.21. The number of carbonyl (C=O) groups excluding carboxylic acids is 1. The highest BCUT2D eigenvalue weighted by molar-refractivity contribution is 5.93. The summed E-state index contributed by atoms with van der Waals surface area (Å²) in [7, 11) is 0. The van der Waals surface area contributed by atoms with Crippen molar-refractivity contribution < 1.29 is 19.4 Å². The van der Waals surface area contributed by atoms with Crippen LogP contribution in [-0.2, 0) is 22.6 Å². The molecule has 0 spiro atoms. The van der Waals surface area contributed by atoms with Crippen molar-refractivity contribution in [3.63, 3.8) is 0 Å². The Morgan fingerprint density at radius 3 is 2.20 bits per heavy atom. The van der Waals surface area contributed by atoms with E-state index in [1.54, 1.807) is 6.07 Å². The van der Waals surface area contributed by atoms with Gasteiger partial charge in [0.15, 0.2) is 6.61 Å². The Bertz CT molecular complexity index is 957. The summed E-state index contributed by atoms with van der Waals surface area (Å²) in [5, 5.41) is 8.73. The van der Waals surface area contributed by atoms with Crippen molar-refractivity contribution >= 4 is 17.6 Å². The maximum absolute atomic E-state index is 13.0. The Hall–Kier alpha value is -3.60. The van der Waals surface area contributed by atoms with Gasteiger partial charge in [-0.15, -0.1) is 0 Å². The van der Waals surface area contributed by atoms with Crippen molar-refractivity contribution in [3.05, 3.63) is 96.1 Å². The van der Waals surface area contributed by atoms with Crippen LogP contribution in [0, 0.1) is 0 Å². The molecule has 0 radical (unpaired) electrons. The summed E-state index contributed by atoms with van der Waals surface area (Å²) in [6, 6.07) is 27.0. The smallest absolute Gasteiger partial charge is 0.341 e. The third-order valence-electron chi connectivity index (χ3n) is 4.67. The standard InChI is InChI=1S/C25H25NO4/c27-24(16-8-12-20-11-7-15-23(17-20)30-19-25(28)29)26(22-13-5-2-6-14-22)18-21-9-3-1-4-10-21/h1-7,9-11,13-15,17H,8,12,16,18-19H2,(H,28,29). The molecule has 0 saturated heterocycles. The monoisotopic (exact) mass is 403 g/mol. The van der Waals surface area contributed by atoms with E-state index in [4.69, 9.17) is 9.84 Å². The SMILES string of the molecule is O=C(O)COc1cccc(CCCC(=O)N(Cc2ccccc2)c2ccccc2)c1. The molecule has 0 fully saturated rings. The number of aliphatic carboxylic acids is 1.